The van der Waals surface area contributed by atoms with Crippen LogP contribution >= 0.6 is 0 Å². The largest absolute Gasteiger partial charge is 0.355 e. The SMILES string of the molecule is Cc1nc2c(-c3ccc(F)cc3)c(C)nn2c(C)c1CC(=O)NCCc1ccccc1. The first-order valence-electron chi connectivity index (χ1n) is 10.4. The standard InChI is InChI=1S/C25H25FN4O/c1-16-22(15-23(31)27-14-13-19-7-5-4-6-8-19)18(3)30-25(28-16)24(17(2)29-30)20-9-11-21(26)12-10-20/h4-12H,13-15H2,1-3H3,(H,27,31). The van der Waals surface area contributed by atoms with Gasteiger partial charge in [0, 0.05) is 29.1 Å². The molecule has 0 bridgehead atoms. The van der Waals surface area contributed by atoms with E-state index in [2.05, 4.69) is 22.5 Å². The van der Waals surface area contributed by atoms with Crippen LogP contribution in [0.1, 0.15) is 28.2 Å². The zero-order valence-corrected chi connectivity index (χ0v) is 17.9. The highest BCUT2D eigenvalue weighted by Gasteiger charge is 2.19. The number of amides is 1. The molecule has 2 aromatic carbocycles. The zero-order valence-electron chi connectivity index (χ0n) is 17.9. The predicted molar refractivity (Wildman–Crippen MR) is 119 cm³/mol. The first kappa shape index (κ1) is 20.7. The van der Waals surface area contributed by atoms with Crippen LogP contribution in [-0.4, -0.2) is 27.0 Å². The average molecular weight is 417 g/mol. The van der Waals surface area contributed by atoms with Crippen LogP contribution in [-0.2, 0) is 17.6 Å². The predicted octanol–water partition coefficient (Wildman–Crippen LogP) is 4.36. The van der Waals surface area contributed by atoms with Crippen molar-refractivity contribution in [3.8, 4) is 11.1 Å². The van der Waals surface area contributed by atoms with Gasteiger partial charge in [0.25, 0.3) is 0 Å². The molecule has 0 spiro atoms. The molecule has 4 aromatic rings. The molecule has 0 aliphatic rings. The van der Waals surface area contributed by atoms with Crippen LogP contribution in [0.2, 0.25) is 0 Å². The van der Waals surface area contributed by atoms with Crippen molar-refractivity contribution in [3.63, 3.8) is 0 Å². The first-order valence-corrected chi connectivity index (χ1v) is 10.4. The number of aromatic nitrogens is 3. The van der Waals surface area contributed by atoms with Crippen LogP contribution in [0.25, 0.3) is 16.8 Å². The number of aryl methyl sites for hydroxylation is 3. The van der Waals surface area contributed by atoms with E-state index in [-0.39, 0.29) is 18.1 Å². The van der Waals surface area contributed by atoms with Crippen molar-refractivity contribution in [1.29, 1.82) is 0 Å². The van der Waals surface area contributed by atoms with Gasteiger partial charge in [0.1, 0.15) is 5.82 Å². The van der Waals surface area contributed by atoms with Crippen molar-refractivity contribution in [3.05, 3.63) is 88.6 Å². The number of rotatable bonds is 6. The van der Waals surface area contributed by atoms with Crippen LogP contribution in [0.4, 0.5) is 4.39 Å². The third-order valence-corrected chi connectivity index (χ3v) is 5.55. The molecule has 1 amide bonds. The number of hydrogen-bond acceptors (Lipinski definition) is 3. The van der Waals surface area contributed by atoms with E-state index >= 15 is 0 Å². The first-order chi connectivity index (χ1) is 14.9. The Bertz CT molecular complexity index is 1230. The van der Waals surface area contributed by atoms with Gasteiger partial charge in [-0.3, -0.25) is 4.79 Å². The molecule has 0 aliphatic carbocycles. The van der Waals surface area contributed by atoms with E-state index in [4.69, 9.17) is 4.98 Å². The van der Waals surface area contributed by atoms with Gasteiger partial charge in [0.15, 0.2) is 5.65 Å². The van der Waals surface area contributed by atoms with Crippen molar-refractivity contribution >= 4 is 11.6 Å². The average Bonchev–Trinajstić information content (AvgIpc) is 3.08. The second-order valence-corrected chi connectivity index (χ2v) is 7.73. The Balaban J connectivity index is 1.56. The Kier molecular flexibility index (Phi) is 5.80. The zero-order chi connectivity index (χ0) is 22.0. The number of nitrogens with one attached hydrogen (secondary N) is 1. The molecule has 5 nitrogen and oxygen atoms in total. The molecular formula is C25H25FN4O. The topological polar surface area (TPSA) is 59.3 Å². The Morgan fingerprint density at radius 3 is 2.42 bits per heavy atom. The van der Waals surface area contributed by atoms with Crippen molar-refractivity contribution in [2.45, 2.75) is 33.6 Å². The second-order valence-electron chi connectivity index (χ2n) is 7.73. The molecule has 0 saturated heterocycles. The second kappa shape index (κ2) is 8.68. The third-order valence-electron chi connectivity index (χ3n) is 5.55. The Hall–Kier alpha value is -3.54. The molecule has 6 heteroatoms. The molecule has 4 rings (SSSR count). The molecule has 2 aromatic heterocycles. The highest BCUT2D eigenvalue weighted by Crippen LogP contribution is 2.29. The summed E-state index contributed by atoms with van der Waals surface area (Å²) in [5.41, 5.74) is 7.02. The highest BCUT2D eigenvalue weighted by molar-refractivity contribution is 5.82. The van der Waals surface area contributed by atoms with Gasteiger partial charge < -0.3 is 5.32 Å². The van der Waals surface area contributed by atoms with Crippen LogP contribution in [0.15, 0.2) is 54.6 Å². The van der Waals surface area contributed by atoms with Crippen molar-refractivity contribution < 1.29 is 9.18 Å². The maximum atomic E-state index is 13.4. The summed E-state index contributed by atoms with van der Waals surface area (Å²) in [5.74, 6) is -0.315. The molecule has 0 unspecified atom stereocenters. The molecule has 0 aliphatic heterocycles. The number of fused-ring (bicyclic) bond motifs is 1. The van der Waals surface area contributed by atoms with Gasteiger partial charge in [-0.15, -0.1) is 0 Å². The van der Waals surface area contributed by atoms with Gasteiger partial charge >= 0.3 is 0 Å². The van der Waals surface area contributed by atoms with Crippen LogP contribution in [0.3, 0.4) is 0 Å². The summed E-state index contributed by atoms with van der Waals surface area (Å²) < 4.78 is 15.1. The summed E-state index contributed by atoms with van der Waals surface area (Å²) in [6.45, 7) is 6.37. The van der Waals surface area contributed by atoms with Crippen molar-refractivity contribution in [2.24, 2.45) is 0 Å². The van der Waals surface area contributed by atoms with E-state index in [1.54, 1.807) is 16.6 Å². The Morgan fingerprint density at radius 1 is 1.00 bits per heavy atom. The minimum absolute atomic E-state index is 0.0362. The number of halogens is 1. The summed E-state index contributed by atoms with van der Waals surface area (Å²) in [5, 5.41) is 7.65. The minimum atomic E-state index is -0.279. The lowest BCUT2D eigenvalue weighted by Gasteiger charge is -2.12. The third kappa shape index (κ3) is 4.33. The normalized spacial score (nSPS) is 11.1. The lowest BCUT2D eigenvalue weighted by molar-refractivity contribution is -0.120. The van der Waals surface area contributed by atoms with Gasteiger partial charge in [0.2, 0.25) is 5.91 Å². The van der Waals surface area contributed by atoms with E-state index < -0.39 is 0 Å². The quantitative estimate of drug-likeness (QED) is 0.508. The number of nitrogens with zero attached hydrogens (tertiary/aromatic N) is 3. The molecular weight excluding hydrogens is 391 g/mol. The Labute approximate surface area is 181 Å². The van der Waals surface area contributed by atoms with E-state index in [1.807, 2.05) is 39.0 Å². The number of carbonyl (C=O) groups excluding carboxylic acids is 1. The molecule has 0 atom stereocenters. The fraction of sp³-hybridized carbons (Fsp3) is 0.240. The van der Waals surface area contributed by atoms with Crippen molar-refractivity contribution in [2.75, 3.05) is 6.54 Å². The maximum absolute atomic E-state index is 13.4. The molecule has 0 saturated carbocycles. The van der Waals surface area contributed by atoms with Crippen LogP contribution in [0, 0.1) is 26.6 Å². The highest BCUT2D eigenvalue weighted by atomic mass is 19.1. The lowest BCUT2D eigenvalue weighted by Crippen LogP contribution is -2.28. The van der Waals surface area contributed by atoms with Crippen molar-refractivity contribution in [1.82, 2.24) is 19.9 Å². The maximum Gasteiger partial charge on any atom is 0.224 e. The summed E-state index contributed by atoms with van der Waals surface area (Å²) >= 11 is 0. The van der Waals surface area contributed by atoms with Gasteiger partial charge in [-0.2, -0.15) is 5.10 Å². The van der Waals surface area contributed by atoms with Gasteiger partial charge in [-0.1, -0.05) is 42.5 Å². The monoisotopic (exact) mass is 416 g/mol. The minimum Gasteiger partial charge on any atom is -0.355 e. The fourth-order valence-electron chi connectivity index (χ4n) is 3.89. The van der Waals surface area contributed by atoms with Crippen LogP contribution in [0.5, 0.6) is 0 Å². The number of carbonyl (C=O) groups is 1. The number of hydrogen-bond donors (Lipinski definition) is 1. The molecule has 0 radical (unpaired) electrons. The van der Waals surface area contributed by atoms with E-state index in [9.17, 15) is 9.18 Å². The summed E-state index contributed by atoms with van der Waals surface area (Å²) in [6, 6.07) is 16.4. The molecule has 0 fully saturated rings. The fourth-order valence-corrected chi connectivity index (χ4v) is 3.89. The van der Waals surface area contributed by atoms with Crippen LogP contribution < -0.4 is 5.32 Å². The van der Waals surface area contributed by atoms with E-state index in [1.165, 1.54) is 17.7 Å². The van der Waals surface area contributed by atoms with Gasteiger partial charge in [0.05, 0.1) is 12.1 Å². The molecule has 31 heavy (non-hydrogen) atoms. The molecule has 1 N–H and O–H groups in total. The molecule has 2 heterocycles. The van der Waals surface area contributed by atoms with E-state index in [0.29, 0.717) is 12.2 Å². The smallest absolute Gasteiger partial charge is 0.224 e. The summed E-state index contributed by atoms with van der Waals surface area (Å²) in [7, 11) is 0. The summed E-state index contributed by atoms with van der Waals surface area (Å²) in [6.07, 6.45) is 1.04. The van der Waals surface area contributed by atoms with Gasteiger partial charge in [-0.05, 0) is 50.5 Å². The number of benzene rings is 2. The molecule has 158 valence electrons. The lowest BCUT2D eigenvalue weighted by atomic mass is 10.0. The van der Waals surface area contributed by atoms with Gasteiger partial charge in [-0.25, -0.2) is 13.9 Å². The summed E-state index contributed by atoms with van der Waals surface area (Å²) in [4.78, 5) is 17.3. The Morgan fingerprint density at radius 2 is 1.71 bits per heavy atom. The van der Waals surface area contributed by atoms with E-state index in [0.717, 1.165) is 40.2 Å².